The lowest BCUT2D eigenvalue weighted by Gasteiger charge is -2.13. The third-order valence-electron chi connectivity index (χ3n) is 5.25. The van der Waals surface area contributed by atoms with Crippen LogP contribution in [-0.4, -0.2) is 41.4 Å². The van der Waals surface area contributed by atoms with Gasteiger partial charge in [-0.15, -0.1) is 0 Å². The van der Waals surface area contributed by atoms with E-state index < -0.39 is 0 Å². The molecular formula is C27H27ClN6O. The SMILES string of the molecule is Cc1ccc(NC(=O)/C=C/CN(C)C)cc1Nc1ncc(Cl)c(Nc2ccc3ccccc3c2)n1. The first-order valence-corrected chi connectivity index (χ1v) is 11.5. The highest BCUT2D eigenvalue weighted by Gasteiger charge is 2.09. The standard InChI is InChI=1S/C27H27ClN6O/c1-18-10-12-22(30-25(35)9-6-14-34(2)3)16-24(18)32-27-29-17-23(28)26(33-27)31-21-13-11-19-7-4-5-8-20(19)15-21/h4-13,15-17H,14H2,1-3H3,(H,30,35)(H2,29,31,32,33)/b9-6+. The van der Waals surface area contributed by atoms with Crippen LogP contribution in [0.25, 0.3) is 10.8 Å². The van der Waals surface area contributed by atoms with E-state index >= 15 is 0 Å². The summed E-state index contributed by atoms with van der Waals surface area (Å²) in [4.78, 5) is 23.1. The van der Waals surface area contributed by atoms with Crippen LogP contribution >= 0.6 is 11.6 Å². The van der Waals surface area contributed by atoms with Crippen LogP contribution in [0.4, 0.5) is 28.8 Å². The maximum atomic E-state index is 12.2. The van der Waals surface area contributed by atoms with Gasteiger partial charge in [-0.05, 0) is 61.6 Å². The molecule has 0 spiro atoms. The van der Waals surface area contributed by atoms with Crippen molar-refractivity contribution < 1.29 is 4.79 Å². The quantitative estimate of drug-likeness (QED) is 0.260. The minimum atomic E-state index is -0.189. The molecule has 0 unspecified atom stereocenters. The second-order valence-electron chi connectivity index (χ2n) is 8.39. The van der Waals surface area contributed by atoms with Gasteiger partial charge in [0.05, 0.1) is 6.20 Å². The Balaban J connectivity index is 1.50. The number of benzene rings is 3. The molecule has 0 atom stereocenters. The molecule has 0 aliphatic carbocycles. The number of hydrogen-bond donors (Lipinski definition) is 3. The minimum absolute atomic E-state index is 0.189. The second-order valence-corrected chi connectivity index (χ2v) is 8.79. The van der Waals surface area contributed by atoms with Crippen molar-refractivity contribution in [2.24, 2.45) is 0 Å². The Labute approximate surface area is 209 Å². The average Bonchev–Trinajstić information content (AvgIpc) is 2.83. The van der Waals surface area contributed by atoms with Gasteiger partial charge in [0.15, 0.2) is 5.82 Å². The molecule has 0 bridgehead atoms. The van der Waals surface area contributed by atoms with E-state index in [4.69, 9.17) is 11.6 Å². The number of aryl methyl sites for hydroxylation is 1. The average molecular weight is 487 g/mol. The van der Waals surface area contributed by atoms with Gasteiger partial charge in [-0.25, -0.2) is 4.98 Å². The number of halogens is 1. The van der Waals surface area contributed by atoms with Crippen molar-refractivity contribution in [3.05, 3.63) is 89.6 Å². The van der Waals surface area contributed by atoms with E-state index in [1.807, 2.05) is 80.5 Å². The van der Waals surface area contributed by atoms with Crippen molar-refractivity contribution >= 4 is 57.1 Å². The summed E-state index contributed by atoms with van der Waals surface area (Å²) in [6, 6.07) is 19.8. The Morgan fingerprint density at radius 3 is 2.57 bits per heavy atom. The van der Waals surface area contributed by atoms with Crippen LogP contribution < -0.4 is 16.0 Å². The highest BCUT2D eigenvalue weighted by atomic mass is 35.5. The summed E-state index contributed by atoms with van der Waals surface area (Å²) < 4.78 is 0. The van der Waals surface area contributed by atoms with Gasteiger partial charge in [0.1, 0.15) is 5.02 Å². The molecule has 1 heterocycles. The number of carbonyl (C=O) groups excluding carboxylic acids is 1. The zero-order valence-electron chi connectivity index (χ0n) is 19.8. The van der Waals surface area contributed by atoms with E-state index in [2.05, 4.69) is 38.1 Å². The third-order valence-corrected chi connectivity index (χ3v) is 5.52. The lowest BCUT2D eigenvalue weighted by molar-refractivity contribution is -0.111. The van der Waals surface area contributed by atoms with Crippen LogP contribution in [0.2, 0.25) is 5.02 Å². The Hall–Kier alpha value is -3.94. The molecule has 7 nitrogen and oxygen atoms in total. The summed E-state index contributed by atoms with van der Waals surface area (Å²) in [6.07, 6.45) is 4.89. The van der Waals surface area contributed by atoms with Gasteiger partial charge < -0.3 is 20.9 Å². The minimum Gasteiger partial charge on any atom is -0.339 e. The van der Waals surface area contributed by atoms with Crippen LogP contribution in [0.15, 0.2) is 79.0 Å². The summed E-state index contributed by atoms with van der Waals surface area (Å²) in [5.74, 6) is 0.689. The highest BCUT2D eigenvalue weighted by Crippen LogP contribution is 2.28. The molecule has 0 fully saturated rings. The molecule has 1 aromatic heterocycles. The molecular weight excluding hydrogens is 460 g/mol. The van der Waals surface area contributed by atoms with Crippen LogP contribution in [0.1, 0.15) is 5.56 Å². The van der Waals surface area contributed by atoms with E-state index in [-0.39, 0.29) is 5.91 Å². The largest absolute Gasteiger partial charge is 0.339 e. The lowest BCUT2D eigenvalue weighted by Crippen LogP contribution is -2.13. The molecule has 8 heteroatoms. The van der Waals surface area contributed by atoms with E-state index in [9.17, 15) is 4.79 Å². The van der Waals surface area contributed by atoms with Crippen molar-refractivity contribution in [3.8, 4) is 0 Å². The van der Waals surface area contributed by atoms with E-state index in [0.29, 0.717) is 29.0 Å². The summed E-state index contributed by atoms with van der Waals surface area (Å²) >= 11 is 6.37. The molecule has 4 aromatic rings. The van der Waals surface area contributed by atoms with Crippen molar-refractivity contribution in [1.82, 2.24) is 14.9 Å². The zero-order chi connectivity index (χ0) is 24.8. The first-order valence-electron chi connectivity index (χ1n) is 11.2. The number of anilines is 5. The summed E-state index contributed by atoms with van der Waals surface area (Å²) in [5.41, 5.74) is 3.30. The summed E-state index contributed by atoms with van der Waals surface area (Å²) in [7, 11) is 3.89. The third kappa shape index (κ3) is 6.56. The van der Waals surface area contributed by atoms with E-state index in [1.165, 1.54) is 6.08 Å². The lowest BCUT2D eigenvalue weighted by atomic mass is 10.1. The smallest absolute Gasteiger partial charge is 0.248 e. The van der Waals surface area contributed by atoms with Crippen LogP contribution in [-0.2, 0) is 4.79 Å². The van der Waals surface area contributed by atoms with Gasteiger partial charge in [-0.2, -0.15) is 4.98 Å². The number of amides is 1. The molecule has 3 N–H and O–H groups in total. The van der Waals surface area contributed by atoms with E-state index in [0.717, 1.165) is 27.7 Å². The van der Waals surface area contributed by atoms with Gasteiger partial charge in [-0.1, -0.05) is 54.1 Å². The molecule has 0 saturated carbocycles. The Bertz CT molecular complexity index is 1390. The maximum absolute atomic E-state index is 12.2. The molecule has 0 radical (unpaired) electrons. The molecule has 0 aliphatic rings. The number of hydrogen-bond acceptors (Lipinski definition) is 6. The molecule has 1 amide bonds. The topological polar surface area (TPSA) is 82.2 Å². The van der Waals surface area contributed by atoms with Crippen molar-refractivity contribution in [3.63, 3.8) is 0 Å². The molecule has 178 valence electrons. The van der Waals surface area contributed by atoms with Crippen LogP contribution in [0, 0.1) is 6.92 Å². The number of rotatable bonds is 8. The van der Waals surface area contributed by atoms with Crippen molar-refractivity contribution in [1.29, 1.82) is 0 Å². The van der Waals surface area contributed by atoms with Crippen molar-refractivity contribution in [2.45, 2.75) is 6.92 Å². The monoisotopic (exact) mass is 486 g/mol. The first-order chi connectivity index (χ1) is 16.9. The molecule has 0 aliphatic heterocycles. The fourth-order valence-corrected chi connectivity index (χ4v) is 3.57. The first kappa shape index (κ1) is 24.2. The summed E-state index contributed by atoms with van der Waals surface area (Å²) in [5, 5.41) is 12.1. The van der Waals surface area contributed by atoms with Gasteiger partial charge in [0.25, 0.3) is 0 Å². The fourth-order valence-electron chi connectivity index (χ4n) is 3.43. The Morgan fingerprint density at radius 1 is 1.00 bits per heavy atom. The maximum Gasteiger partial charge on any atom is 0.248 e. The predicted molar refractivity (Wildman–Crippen MR) is 145 cm³/mol. The van der Waals surface area contributed by atoms with Gasteiger partial charge >= 0.3 is 0 Å². The highest BCUT2D eigenvalue weighted by molar-refractivity contribution is 6.32. The van der Waals surface area contributed by atoms with Crippen molar-refractivity contribution in [2.75, 3.05) is 36.6 Å². The Morgan fingerprint density at radius 2 is 1.77 bits per heavy atom. The number of nitrogens with zero attached hydrogens (tertiary/aromatic N) is 3. The fraction of sp³-hybridized carbons (Fsp3) is 0.148. The van der Waals surface area contributed by atoms with Gasteiger partial charge in [0.2, 0.25) is 11.9 Å². The Kier molecular flexibility index (Phi) is 7.60. The number of aromatic nitrogens is 2. The van der Waals surface area contributed by atoms with Crippen LogP contribution in [0.3, 0.4) is 0 Å². The van der Waals surface area contributed by atoms with Gasteiger partial charge in [-0.3, -0.25) is 4.79 Å². The number of carbonyl (C=O) groups is 1. The normalized spacial score (nSPS) is 11.2. The second kappa shape index (κ2) is 11.0. The van der Waals surface area contributed by atoms with Gasteiger partial charge in [0, 0.05) is 29.7 Å². The van der Waals surface area contributed by atoms with Crippen LogP contribution in [0.5, 0.6) is 0 Å². The molecule has 4 rings (SSSR count). The van der Waals surface area contributed by atoms with E-state index in [1.54, 1.807) is 6.20 Å². The summed E-state index contributed by atoms with van der Waals surface area (Å²) in [6.45, 7) is 2.66. The number of fused-ring (bicyclic) bond motifs is 1. The predicted octanol–water partition coefficient (Wildman–Crippen LogP) is 6.14. The molecule has 35 heavy (non-hydrogen) atoms. The number of likely N-dealkylation sites (N-methyl/N-ethyl adjacent to an activating group) is 1. The number of nitrogens with one attached hydrogen (secondary N) is 3. The molecule has 0 saturated heterocycles. The molecule has 3 aromatic carbocycles. The zero-order valence-corrected chi connectivity index (χ0v) is 20.6.